The van der Waals surface area contributed by atoms with Gasteiger partial charge in [0.15, 0.2) is 0 Å². The first kappa shape index (κ1) is 17.5. The summed E-state index contributed by atoms with van der Waals surface area (Å²) in [7, 11) is -4.30. The van der Waals surface area contributed by atoms with Crippen molar-refractivity contribution in [3.05, 3.63) is 71.8 Å². The molecule has 138 valence electrons. The van der Waals surface area contributed by atoms with Crippen LogP contribution in [0.15, 0.2) is 60.7 Å². The molecule has 4 rings (SSSR count). The zero-order chi connectivity index (χ0) is 18.1. The van der Waals surface area contributed by atoms with Crippen molar-refractivity contribution in [3.63, 3.8) is 0 Å². The second-order valence-corrected chi connectivity index (χ2v) is 8.76. The molecule has 2 aliphatic rings. The Hall–Kier alpha value is -1.95. The van der Waals surface area contributed by atoms with E-state index in [4.69, 9.17) is 22.6 Å². The van der Waals surface area contributed by atoms with Gasteiger partial charge in [0.2, 0.25) is 0 Å². The van der Waals surface area contributed by atoms with Crippen molar-refractivity contribution < 1.29 is 27.7 Å². The number of hydrogen-bond acceptors (Lipinski definition) is 6. The third kappa shape index (κ3) is 3.11. The predicted octanol–water partition coefficient (Wildman–Crippen LogP) is 4.13. The Morgan fingerprint density at radius 3 is 1.77 bits per heavy atom. The van der Waals surface area contributed by atoms with Crippen molar-refractivity contribution in [3.8, 4) is 0 Å². The molecular weight excluding hydrogens is 355 g/mol. The number of aliphatic hydroxyl groups is 1. The predicted molar refractivity (Wildman–Crippen MR) is 98.3 cm³/mol. The van der Waals surface area contributed by atoms with Crippen LogP contribution in [0.5, 0.6) is 0 Å². The fraction of sp³-hybridized carbons (Fsp3) is 0.263. The van der Waals surface area contributed by atoms with E-state index in [0.29, 0.717) is 24.7 Å². The number of benzene rings is 2. The Morgan fingerprint density at radius 2 is 1.35 bits per heavy atom. The van der Waals surface area contributed by atoms with Crippen molar-refractivity contribution in [1.29, 1.82) is 0 Å². The summed E-state index contributed by atoms with van der Waals surface area (Å²) < 4.78 is 29.9. The zero-order valence-corrected chi connectivity index (χ0v) is 15.3. The first-order valence-electron chi connectivity index (χ1n) is 8.50. The topological polar surface area (TPSA) is 66.4 Å². The quantitative estimate of drug-likeness (QED) is 0.792. The molecule has 6 nitrogen and oxygen atoms in total. The van der Waals surface area contributed by atoms with Gasteiger partial charge in [0.25, 0.3) is 0 Å². The van der Waals surface area contributed by atoms with E-state index in [0.717, 1.165) is 11.1 Å². The molecule has 1 saturated heterocycles. The van der Waals surface area contributed by atoms with E-state index in [9.17, 15) is 5.11 Å². The van der Waals surface area contributed by atoms with Crippen LogP contribution < -0.4 is 0 Å². The maximum absolute atomic E-state index is 9.68. The molecule has 2 aromatic rings. The van der Waals surface area contributed by atoms with Crippen molar-refractivity contribution in [2.75, 3.05) is 19.8 Å². The van der Waals surface area contributed by atoms with E-state index in [1.165, 1.54) is 0 Å². The molecule has 2 heterocycles. The Labute approximate surface area is 152 Å². The molecular formula is C19H21O6P. The van der Waals surface area contributed by atoms with Gasteiger partial charge in [-0.3, -0.25) is 0 Å². The molecule has 0 radical (unpaired) electrons. The number of aliphatic hydroxyl groups excluding tert-OH is 1. The van der Waals surface area contributed by atoms with E-state index >= 15 is 0 Å². The third-order valence-corrected chi connectivity index (χ3v) is 6.71. The average molecular weight is 376 g/mol. The molecule has 1 unspecified atom stereocenters. The van der Waals surface area contributed by atoms with Gasteiger partial charge in [-0.1, -0.05) is 0 Å². The molecule has 0 saturated carbocycles. The molecule has 1 fully saturated rings. The zero-order valence-electron chi connectivity index (χ0n) is 14.4. The van der Waals surface area contributed by atoms with Crippen LogP contribution in [0.4, 0.5) is 0 Å². The average Bonchev–Trinajstić information content (AvgIpc) is 3.26. The van der Waals surface area contributed by atoms with Gasteiger partial charge in [-0.25, -0.2) is 0 Å². The molecule has 0 aliphatic carbocycles. The summed E-state index contributed by atoms with van der Waals surface area (Å²) in [5.74, 6) is 1.00. The van der Waals surface area contributed by atoms with Gasteiger partial charge < -0.3 is 0 Å². The standard InChI is InChI=1S/C19H21O6P/c1-15(20)14-23-26(21-12-13-22-26)24-18(16-8-4-2-5-9-16)19(25-26)17-10-6-3-7-11-17/h2-11,15,20H,12-14H2,1H3. The Balaban J connectivity index is 1.79. The van der Waals surface area contributed by atoms with Crippen molar-refractivity contribution in [2.24, 2.45) is 0 Å². The summed E-state index contributed by atoms with van der Waals surface area (Å²) in [5.41, 5.74) is 1.65. The molecule has 7 heteroatoms. The van der Waals surface area contributed by atoms with Gasteiger partial charge in [-0.05, 0) is 0 Å². The Bertz CT molecular complexity index is 744. The second kappa shape index (κ2) is 6.65. The van der Waals surface area contributed by atoms with Crippen LogP contribution in [0.25, 0.3) is 11.5 Å². The van der Waals surface area contributed by atoms with Crippen LogP contribution in [-0.2, 0) is 22.6 Å². The monoisotopic (exact) mass is 376 g/mol. The van der Waals surface area contributed by atoms with E-state index < -0.39 is 13.8 Å². The normalized spacial score (nSPS) is 23.1. The molecule has 1 N–H and O–H groups in total. The van der Waals surface area contributed by atoms with Crippen molar-refractivity contribution in [1.82, 2.24) is 0 Å². The summed E-state index contributed by atoms with van der Waals surface area (Å²) in [6.45, 7) is 2.18. The summed E-state index contributed by atoms with van der Waals surface area (Å²) in [5, 5.41) is 9.68. The molecule has 2 aromatic carbocycles. The third-order valence-electron chi connectivity index (χ3n) is 3.97. The van der Waals surface area contributed by atoms with Crippen LogP contribution in [0, 0.1) is 0 Å². The molecule has 1 spiro atoms. The van der Waals surface area contributed by atoms with Gasteiger partial charge in [-0.15, -0.1) is 0 Å². The summed E-state index contributed by atoms with van der Waals surface area (Å²) in [4.78, 5) is 0. The molecule has 0 bridgehead atoms. The van der Waals surface area contributed by atoms with Crippen LogP contribution in [0.1, 0.15) is 18.1 Å². The fourth-order valence-electron chi connectivity index (χ4n) is 2.82. The van der Waals surface area contributed by atoms with E-state index in [-0.39, 0.29) is 6.61 Å². The van der Waals surface area contributed by atoms with Crippen LogP contribution in [0.2, 0.25) is 0 Å². The second-order valence-electron chi connectivity index (χ2n) is 6.13. The van der Waals surface area contributed by atoms with E-state index in [2.05, 4.69) is 0 Å². The van der Waals surface area contributed by atoms with Gasteiger partial charge >= 0.3 is 152 Å². The maximum atomic E-state index is 9.68. The Kier molecular flexibility index (Phi) is 4.47. The van der Waals surface area contributed by atoms with Gasteiger partial charge in [0.1, 0.15) is 0 Å². The van der Waals surface area contributed by atoms with Crippen LogP contribution in [0.3, 0.4) is 0 Å². The number of rotatable bonds is 5. The molecule has 1 atom stereocenters. The minimum absolute atomic E-state index is 0.0258. The fourth-order valence-corrected chi connectivity index (χ4v) is 5.57. The van der Waals surface area contributed by atoms with Gasteiger partial charge in [0, 0.05) is 0 Å². The van der Waals surface area contributed by atoms with Gasteiger partial charge in [-0.2, -0.15) is 0 Å². The van der Waals surface area contributed by atoms with Crippen molar-refractivity contribution in [2.45, 2.75) is 13.0 Å². The first-order chi connectivity index (χ1) is 12.6. The van der Waals surface area contributed by atoms with Crippen molar-refractivity contribution >= 4 is 19.3 Å². The molecule has 2 aliphatic heterocycles. The Morgan fingerprint density at radius 1 is 0.885 bits per heavy atom. The molecule has 0 aromatic heterocycles. The summed E-state index contributed by atoms with van der Waals surface area (Å²) >= 11 is 0. The first-order valence-corrected chi connectivity index (χ1v) is 10.3. The van der Waals surface area contributed by atoms with E-state index in [1.54, 1.807) is 6.92 Å². The van der Waals surface area contributed by atoms with Crippen LogP contribution >= 0.6 is 7.74 Å². The molecule has 26 heavy (non-hydrogen) atoms. The van der Waals surface area contributed by atoms with Gasteiger partial charge in [0.05, 0.1) is 0 Å². The van der Waals surface area contributed by atoms with E-state index in [1.807, 2.05) is 60.7 Å². The minimum atomic E-state index is -4.30. The molecule has 0 amide bonds. The number of hydrogen-bond donors (Lipinski definition) is 1. The SMILES string of the molecule is CC(O)COP12(OCCO1)OC(c1ccccc1)=C(c1ccccc1)O2. The summed E-state index contributed by atoms with van der Waals surface area (Å²) in [6.07, 6.45) is -0.715. The van der Waals surface area contributed by atoms with Crippen LogP contribution in [-0.4, -0.2) is 31.0 Å². The summed E-state index contributed by atoms with van der Waals surface area (Å²) in [6, 6.07) is 19.2.